The molecule has 0 spiro atoms. The van der Waals surface area contributed by atoms with Crippen LogP contribution in [0.2, 0.25) is 0 Å². The Kier molecular flexibility index (Phi) is 4.76. The first-order chi connectivity index (χ1) is 9.22. The molecule has 1 saturated heterocycles. The van der Waals surface area contributed by atoms with Crippen LogP contribution in [0.15, 0.2) is 0 Å². The van der Waals surface area contributed by atoms with Gasteiger partial charge in [-0.1, -0.05) is 13.8 Å². The molecule has 1 aromatic rings. The van der Waals surface area contributed by atoms with Gasteiger partial charge in [0.2, 0.25) is 11.9 Å². The van der Waals surface area contributed by atoms with E-state index in [0.717, 1.165) is 37.9 Å². The molecule has 106 valence electrons. The Morgan fingerprint density at radius 3 is 2.63 bits per heavy atom. The summed E-state index contributed by atoms with van der Waals surface area (Å²) in [6.07, 6.45) is 3.40. The van der Waals surface area contributed by atoms with Crippen molar-refractivity contribution >= 4 is 11.9 Å². The van der Waals surface area contributed by atoms with E-state index in [9.17, 15) is 0 Å². The van der Waals surface area contributed by atoms with E-state index in [1.165, 1.54) is 12.8 Å². The van der Waals surface area contributed by atoms with Gasteiger partial charge in [0.15, 0.2) is 0 Å². The van der Waals surface area contributed by atoms with E-state index in [2.05, 4.69) is 39.0 Å². The highest BCUT2D eigenvalue weighted by Crippen LogP contribution is 2.22. The van der Waals surface area contributed by atoms with E-state index in [0.29, 0.717) is 12.0 Å². The summed E-state index contributed by atoms with van der Waals surface area (Å²) in [5.74, 6) is 2.11. The number of hydrogen-bond donors (Lipinski definition) is 1. The predicted octanol–water partition coefficient (Wildman–Crippen LogP) is 1.94. The highest BCUT2D eigenvalue weighted by Gasteiger charge is 2.19. The first kappa shape index (κ1) is 13.8. The van der Waals surface area contributed by atoms with Gasteiger partial charge in [0.05, 0.1) is 7.11 Å². The number of nitrogens with one attached hydrogen (secondary N) is 1. The van der Waals surface area contributed by atoms with Crippen LogP contribution < -0.4 is 15.0 Å². The molecule has 1 aromatic heterocycles. The second-order valence-electron chi connectivity index (χ2n) is 5.04. The quantitative estimate of drug-likeness (QED) is 0.877. The van der Waals surface area contributed by atoms with Crippen molar-refractivity contribution in [3.05, 3.63) is 0 Å². The third-order valence-corrected chi connectivity index (χ3v) is 3.39. The second kappa shape index (κ2) is 6.54. The zero-order valence-corrected chi connectivity index (χ0v) is 12.0. The maximum atomic E-state index is 5.16. The van der Waals surface area contributed by atoms with Crippen molar-refractivity contribution in [2.75, 3.05) is 37.0 Å². The molecule has 0 saturated carbocycles. The molecule has 6 nitrogen and oxygen atoms in total. The minimum atomic E-state index is 0.377. The van der Waals surface area contributed by atoms with Crippen LogP contribution in [0.3, 0.4) is 0 Å². The van der Waals surface area contributed by atoms with Crippen LogP contribution >= 0.6 is 0 Å². The van der Waals surface area contributed by atoms with Crippen LogP contribution in [0.25, 0.3) is 0 Å². The Labute approximate surface area is 114 Å². The van der Waals surface area contributed by atoms with E-state index in [4.69, 9.17) is 4.74 Å². The first-order valence-electron chi connectivity index (χ1n) is 7.01. The normalized spacial score (nSPS) is 16.5. The summed E-state index contributed by atoms with van der Waals surface area (Å²) in [6.45, 7) is 7.25. The lowest BCUT2D eigenvalue weighted by Gasteiger charge is -2.30. The van der Waals surface area contributed by atoms with Crippen molar-refractivity contribution in [3.8, 4) is 6.01 Å². The maximum Gasteiger partial charge on any atom is 0.322 e. The third kappa shape index (κ3) is 3.68. The molecule has 19 heavy (non-hydrogen) atoms. The molecule has 2 rings (SSSR count). The number of ether oxygens (including phenoxy) is 1. The van der Waals surface area contributed by atoms with E-state index < -0.39 is 0 Å². The number of nitrogens with zero attached hydrogens (tertiary/aromatic N) is 4. The van der Waals surface area contributed by atoms with E-state index >= 15 is 0 Å². The third-order valence-electron chi connectivity index (χ3n) is 3.39. The van der Waals surface area contributed by atoms with Crippen LogP contribution in [-0.2, 0) is 0 Å². The maximum absolute atomic E-state index is 5.16. The van der Waals surface area contributed by atoms with Gasteiger partial charge < -0.3 is 15.0 Å². The number of aromatic nitrogens is 3. The van der Waals surface area contributed by atoms with E-state index in [-0.39, 0.29) is 0 Å². The molecule has 1 fully saturated rings. The smallest absolute Gasteiger partial charge is 0.322 e. The number of anilines is 2. The minimum Gasteiger partial charge on any atom is -0.467 e. The molecular weight excluding hydrogens is 242 g/mol. The lowest BCUT2D eigenvalue weighted by molar-refractivity contribution is 0.376. The van der Waals surface area contributed by atoms with Gasteiger partial charge in [-0.3, -0.25) is 0 Å². The molecule has 1 N–H and O–H groups in total. The lowest BCUT2D eigenvalue weighted by Crippen LogP contribution is -2.34. The molecule has 0 amide bonds. The van der Waals surface area contributed by atoms with Gasteiger partial charge in [-0.05, 0) is 25.2 Å². The number of piperidine rings is 1. The fraction of sp³-hybridized carbons (Fsp3) is 0.769. The summed E-state index contributed by atoms with van der Waals surface area (Å²) in [7, 11) is 1.58. The fourth-order valence-electron chi connectivity index (χ4n) is 2.10. The molecular formula is C13H23N5O. The van der Waals surface area contributed by atoms with Crippen molar-refractivity contribution in [2.24, 2.45) is 5.92 Å². The Bertz CT molecular complexity index is 404. The second-order valence-corrected chi connectivity index (χ2v) is 5.04. The molecule has 0 unspecified atom stereocenters. The summed E-state index contributed by atoms with van der Waals surface area (Å²) in [5.41, 5.74) is 0. The zero-order valence-electron chi connectivity index (χ0n) is 12.0. The van der Waals surface area contributed by atoms with E-state index in [1.807, 2.05) is 0 Å². The molecule has 0 bridgehead atoms. The first-order valence-corrected chi connectivity index (χ1v) is 7.01. The summed E-state index contributed by atoms with van der Waals surface area (Å²) in [5, 5.41) is 3.19. The molecule has 0 atom stereocenters. The van der Waals surface area contributed by atoms with Crippen molar-refractivity contribution in [1.82, 2.24) is 15.0 Å². The summed E-state index contributed by atoms with van der Waals surface area (Å²) < 4.78 is 5.16. The minimum absolute atomic E-state index is 0.377. The zero-order chi connectivity index (χ0) is 13.7. The lowest BCUT2D eigenvalue weighted by atomic mass is 10.00. The van der Waals surface area contributed by atoms with Crippen LogP contribution in [0.1, 0.15) is 33.1 Å². The van der Waals surface area contributed by atoms with Gasteiger partial charge in [0.25, 0.3) is 0 Å². The van der Waals surface area contributed by atoms with Crippen LogP contribution in [0, 0.1) is 5.92 Å². The Morgan fingerprint density at radius 2 is 2.00 bits per heavy atom. The highest BCUT2D eigenvalue weighted by atomic mass is 16.5. The number of methoxy groups -OCH3 is 1. The highest BCUT2D eigenvalue weighted by molar-refractivity contribution is 5.38. The molecule has 6 heteroatoms. The summed E-state index contributed by atoms with van der Waals surface area (Å²) in [6, 6.07) is 0.377. The average Bonchev–Trinajstić information content (AvgIpc) is 2.45. The topological polar surface area (TPSA) is 63.2 Å². The predicted molar refractivity (Wildman–Crippen MR) is 75.8 cm³/mol. The summed E-state index contributed by atoms with van der Waals surface area (Å²) >= 11 is 0. The molecule has 1 aliphatic rings. The fourth-order valence-corrected chi connectivity index (χ4v) is 2.10. The SMILES string of the molecule is CCCNc1nc(OC)nc(N2CCC(C)CC2)n1. The van der Waals surface area contributed by atoms with Crippen molar-refractivity contribution in [2.45, 2.75) is 33.1 Å². The average molecular weight is 265 g/mol. The Morgan fingerprint density at radius 1 is 1.26 bits per heavy atom. The van der Waals surface area contributed by atoms with Gasteiger partial charge in [0, 0.05) is 19.6 Å². The van der Waals surface area contributed by atoms with Crippen molar-refractivity contribution in [1.29, 1.82) is 0 Å². The molecule has 0 radical (unpaired) electrons. The largest absolute Gasteiger partial charge is 0.467 e. The standard InChI is InChI=1S/C13H23N5O/c1-4-7-14-11-15-12(17-13(16-11)19-3)18-8-5-10(2)6-9-18/h10H,4-9H2,1-3H3,(H,14,15,16,17). The number of hydrogen-bond acceptors (Lipinski definition) is 6. The van der Waals surface area contributed by atoms with Gasteiger partial charge in [0.1, 0.15) is 0 Å². The molecule has 1 aliphatic heterocycles. The van der Waals surface area contributed by atoms with Gasteiger partial charge in [-0.15, -0.1) is 0 Å². The molecule has 0 aromatic carbocycles. The molecule has 0 aliphatic carbocycles. The van der Waals surface area contributed by atoms with Crippen LogP contribution in [0.5, 0.6) is 6.01 Å². The monoisotopic (exact) mass is 265 g/mol. The molecule has 2 heterocycles. The van der Waals surface area contributed by atoms with Gasteiger partial charge >= 0.3 is 6.01 Å². The van der Waals surface area contributed by atoms with Crippen LogP contribution in [-0.4, -0.2) is 41.7 Å². The van der Waals surface area contributed by atoms with E-state index in [1.54, 1.807) is 7.11 Å². The number of rotatable bonds is 5. The van der Waals surface area contributed by atoms with Crippen molar-refractivity contribution in [3.63, 3.8) is 0 Å². The Balaban J connectivity index is 2.14. The van der Waals surface area contributed by atoms with Crippen LogP contribution in [0.4, 0.5) is 11.9 Å². The van der Waals surface area contributed by atoms with Gasteiger partial charge in [-0.25, -0.2) is 0 Å². The Hall–Kier alpha value is -1.59. The van der Waals surface area contributed by atoms with Crippen molar-refractivity contribution < 1.29 is 4.74 Å². The van der Waals surface area contributed by atoms with Gasteiger partial charge in [-0.2, -0.15) is 15.0 Å². The summed E-state index contributed by atoms with van der Waals surface area (Å²) in [4.78, 5) is 15.3.